The molecule has 0 aliphatic rings. The van der Waals surface area contributed by atoms with E-state index in [2.05, 4.69) is 10.6 Å². The van der Waals surface area contributed by atoms with E-state index in [9.17, 15) is 9.59 Å². The quantitative estimate of drug-likeness (QED) is 0.732. The Hall–Kier alpha value is -2.08. The van der Waals surface area contributed by atoms with E-state index in [1.807, 2.05) is 0 Å². The fraction of sp³-hybridized carbons (Fsp3) is 0.273. The first kappa shape index (κ1) is 13.0. The van der Waals surface area contributed by atoms with E-state index in [0.717, 1.165) is 0 Å². The van der Waals surface area contributed by atoms with Crippen LogP contribution in [0.15, 0.2) is 24.3 Å². The van der Waals surface area contributed by atoms with Crippen molar-refractivity contribution in [3.63, 3.8) is 0 Å². The van der Waals surface area contributed by atoms with Gasteiger partial charge in [0.15, 0.2) is 0 Å². The summed E-state index contributed by atoms with van der Waals surface area (Å²) in [7, 11) is 0. The van der Waals surface area contributed by atoms with Crippen LogP contribution in [-0.4, -0.2) is 25.2 Å². The van der Waals surface area contributed by atoms with Crippen molar-refractivity contribution in [3.05, 3.63) is 24.3 Å². The van der Waals surface area contributed by atoms with Gasteiger partial charge in [-0.1, -0.05) is 0 Å². The second-order valence-corrected chi connectivity index (χ2v) is 3.18. The topological polar surface area (TPSA) is 93.5 Å². The minimum atomic E-state index is -0.508. The Kier molecular flexibility index (Phi) is 4.96. The summed E-state index contributed by atoms with van der Waals surface area (Å²) in [4.78, 5) is 22.1. The van der Waals surface area contributed by atoms with E-state index in [0.29, 0.717) is 18.0 Å². The highest BCUT2D eigenvalue weighted by atomic mass is 16.5. The van der Waals surface area contributed by atoms with Crippen LogP contribution in [0.25, 0.3) is 0 Å². The molecular formula is C11H15N3O3. The van der Waals surface area contributed by atoms with Crippen LogP contribution < -0.4 is 16.4 Å². The van der Waals surface area contributed by atoms with Crippen molar-refractivity contribution in [2.24, 2.45) is 5.73 Å². The van der Waals surface area contributed by atoms with Gasteiger partial charge < -0.3 is 15.8 Å². The largest absolute Gasteiger partial charge is 0.450 e. The normalized spacial score (nSPS) is 9.53. The molecule has 0 aromatic heterocycles. The lowest BCUT2D eigenvalue weighted by molar-refractivity contribution is -0.114. The van der Waals surface area contributed by atoms with Crippen LogP contribution in [0.4, 0.5) is 16.2 Å². The molecule has 0 fully saturated rings. The van der Waals surface area contributed by atoms with Crippen molar-refractivity contribution in [1.82, 2.24) is 0 Å². The number of ether oxygens (including phenoxy) is 1. The molecular weight excluding hydrogens is 222 g/mol. The average molecular weight is 237 g/mol. The zero-order valence-electron chi connectivity index (χ0n) is 9.53. The molecule has 0 saturated heterocycles. The Bertz CT molecular complexity index is 389. The highest BCUT2D eigenvalue weighted by molar-refractivity contribution is 5.92. The molecule has 1 rings (SSSR count). The van der Waals surface area contributed by atoms with Crippen molar-refractivity contribution < 1.29 is 14.3 Å². The molecule has 0 saturated carbocycles. The highest BCUT2D eigenvalue weighted by Crippen LogP contribution is 2.13. The lowest BCUT2D eigenvalue weighted by Crippen LogP contribution is -2.21. The maximum absolute atomic E-state index is 11.1. The minimum Gasteiger partial charge on any atom is -0.450 e. The number of hydrogen-bond acceptors (Lipinski definition) is 4. The Morgan fingerprint density at radius 1 is 1.18 bits per heavy atom. The van der Waals surface area contributed by atoms with Crippen LogP contribution in [0.3, 0.4) is 0 Å². The molecule has 1 aromatic rings. The molecule has 0 radical (unpaired) electrons. The summed E-state index contributed by atoms with van der Waals surface area (Å²) in [5.74, 6) is -0.267. The van der Waals surface area contributed by atoms with Gasteiger partial charge in [0.2, 0.25) is 5.91 Å². The van der Waals surface area contributed by atoms with Crippen LogP contribution in [0.5, 0.6) is 0 Å². The van der Waals surface area contributed by atoms with E-state index in [1.165, 1.54) is 0 Å². The third kappa shape index (κ3) is 4.52. The molecule has 92 valence electrons. The fourth-order valence-electron chi connectivity index (χ4n) is 1.13. The number of benzene rings is 1. The number of carbonyl (C=O) groups is 2. The third-order valence-electron chi connectivity index (χ3n) is 1.88. The Labute approximate surface area is 99.1 Å². The van der Waals surface area contributed by atoms with E-state index < -0.39 is 6.09 Å². The summed E-state index contributed by atoms with van der Waals surface area (Å²) in [5, 5.41) is 5.13. The maximum Gasteiger partial charge on any atom is 0.411 e. The van der Waals surface area contributed by atoms with Gasteiger partial charge in [-0.25, -0.2) is 4.79 Å². The predicted octanol–water partition coefficient (Wildman–Crippen LogP) is 1.15. The molecule has 0 bridgehead atoms. The second kappa shape index (κ2) is 6.49. The predicted molar refractivity (Wildman–Crippen MR) is 64.8 cm³/mol. The maximum atomic E-state index is 11.1. The number of anilines is 2. The smallest absolute Gasteiger partial charge is 0.411 e. The van der Waals surface area contributed by atoms with Gasteiger partial charge in [-0.15, -0.1) is 0 Å². The van der Waals surface area contributed by atoms with Crippen molar-refractivity contribution in [1.29, 1.82) is 0 Å². The summed E-state index contributed by atoms with van der Waals surface area (Å²) >= 11 is 0. The van der Waals surface area contributed by atoms with E-state index in [1.54, 1.807) is 31.2 Å². The standard InChI is InChI=1S/C11H15N3O3/c1-2-17-11(16)14-9-5-3-8(4-6-9)13-10(15)7-12/h3-6H,2,7,12H2,1H3,(H,13,15)(H,14,16). The zero-order chi connectivity index (χ0) is 12.7. The molecule has 17 heavy (non-hydrogen) atoms. The summed E-state index contributed by atoms with van der Waals surface area (Å²) in [6, 6.07) is 6.64. The van der Waals surface area contributed by atoms with Gasteiger partial charge in [0, 0.05) is 11.4 Å². The van der Waals surface area contributed by atoms with Gasteiger partial charge in [-0.2, -0.15) is 0 Å². The Balaban J connectivity index is 2.55. The zero-order valence-corrected chi connectivity index (χ0v) is 9.53. The number of carbonyl (C=O) groups excluding carboxylic acids is 2. The van der Waals surface area contributed by atoms with Gasteiger partial charge in [-0.3, -0.25) is 10.1 Å². The monoisotopic (exact) mass is 237 g/mol. The van der Waals surface area contributed by atoms with Gasteiger partial charge >= 0.3 is 6.09 Å². The van der Waals surface area contributed by atoms with Gasteiger partial charge in [-0.05, 0) is 31.2 Å². The second-order valence-electron chi connectivity index (χ2n) is 3.18. The third-order valence-corrected chi connectivity index (χ3v) is 1.88. The number of hydrogen-bond donors (Lipinski definition) is 3. The van der Waals surface area contributed by atoms with Crippen LogP contribution in [-0.2, 0) is 9.53 Å². The summed E-state index contributed by atoms with van der Waals surface area (Å²) in [5.41, 5.74) is 6.38. The molecule has 4 N–H and O–H groups in total. The summed E-state index contributed by atoms with van der Waals surface area (Å²) < 4.78 is 4.72. The molecule has 6 nitrogen and oxygen atoms in total. The molecule has 0 atom stereocenters. The first-order valence-corrected chi connectivity index (χ1v) is 5.19. The van der Waals surface area contributed by atoms with Gasteiger partial charge in [0.05, 0.1) is 13.2 Å². The molecule has 0 aliphatic heterocycles. The first-order chi connectivity index (χ1) is 8.15. The lowest BCUT2D eigenvalue weighted by atomic mass is 10.3. The van der Waals surface area contributed by atoms with Gasteiger partial charge in [0.25, 0.3) is 0 Å². The molecule has 0 heterocycles. The highest BCUT2D eigenvalue weighted by Gasteiger charge is 2.02. The average Bonchev–Trinajstić information content (AvgIpc) is 2.32. The molecule has 1 aromatic carbocycles. The molecule has 0 unspecified atom stereocenters. The minimum absolute atomic E-state index is 0.0666. The molecule has 0 aliphatic carbocycles. The van der Waals surface area contributed by atoms with Crippen LogP contribution in [0, 0.1) is 0 Å². The first-order valence-electron chi connectivity index (χ1n) is 5.19. The number of rotatable bonds is 4. The van der Waals surface area contributed by atoms with Crippen LogP contribution in [0.2, 0.25) is 0 Å². The van der Waals surface area contributed by atoms with Crippen LogP contribution >= 0.6 is 0 Å². The summed E-state index contributed by atoms with van der Waals surface area (Å²) in [6.45, 7) is 1.98. The summed E-state index contributed by atoms with van der Waals surface area (Å²) in [6.07, 6.45) is -0.508. The lowest BCUT2D eigenvalue weighted by Gasteiger charge is -2.07. The number of amides is 2. The van der Waals surface area contributed by atoms with Crippen molar-refractivity contribution in [2.45, 2.75) is 6.92 Å². The number of nitrogens with one attached hydrogen (secondary N) is 2. The van der Waals surface area contributed by atoms with Crippen LogP contribution in [0.1, 0.15) is 6.92 Å². The van der Waals surface area contributed by atoms with Gasteiger partial charge in [0.1, 0.15) is 0 Å². The van der Waals surface area contributed by atoms with Crippen molar-refractivity contribution >= 4 is 23.4 Å². The molecule has 6 heteroatoms. The van der Waals surface area contributed by atoms with E-state index in [4.69, 9.17) is 10.5 Å². The van der Waals surface area contributed by atoms with Crippen molar-refractivity contribution in [2.75, 3.05) is 23.8 Å². The Morgan fingerprint density at radius 3 is 2.18 bits per heavy atom. The fourth-order valence-corrected chi connectivity index (χ4v) is 1.13. The number of nitrogens with two attached hydrogens (primary N) is 1. The van der Waals surface area contributed by atoms with Crippen molar-refractivity contribution in [3.8, 4) is 0 Å². The van der Waals surface area contributed by atoms with E-state index >= 15 is 0 Å². The molecule has 0 spiro atoms. The van der Waals surface area contributed by atoms with E-state index in [-0.39, 0.29) is 12.5 Å². The Morgan fingerprint density at radius 2 is 1.71 bits per heavy atom. The SMILES string of the molecule is CCOC(=O)Nc1ccc(NC(=O)CN)cc1. The molecule has 2 amide bonds.